The second-order valence-electron chi connectivity index (χ2n) is 5.22. The highest BCUT2D eigenvalue weighted by Crippen LogP contribution is 2.53. The summed E-state index contributed by atoms with van der Waals surface area (Å²) in [6.07, 6.45) is 8.73. The van der Waals surface area contributed by atoms with Crippen LogP contribution in [-0.2, 0) is 0 Å². The van der Waals surface area contributed by atoms with Gasteiger partial charge in [0.15, 0.2) is 0 Å². The largest absolute Gasteiger partial charge is 0.396 e. The Morgan fingerprint density at radius 3 is 2.00 bits per heavy atom. The molecule has 2 heteroatoms. The molecular weight excluding hydrogens is 162 g/mol. The molecule has 13 heavy (non-hydrogen) atoms. The quantitative estimate of drug-likeness (QED) is 0.684. The number of aliphatic hydroxyl groups excluding tert-OH is 1. The molecule has 0 spiro atoms. The predicted molar refractivity (Wildman–Crippen MR) is 53.3 cm³/mol. The molecule has 0 aromatic heterocycles. The highest BCUT2D eigenvalue weighted by molar-refractivity contribution is 4.96. The van der Waals surface area contributed by atoms with E-state index in [0.717, 1.165) is 6.54 Å². The molecule has 0 radical (unpaired) electrons. The molecule has 0 aliphatic heterocycles. The van der Waals surface area contributed by atoms with E-state index in [1.165, 1.54) is 44.9 Å². The summed E-state index contributed by atoms with van der Waals surface area (Å²) in [5.74, 6) is 0. The lowest BCUT2D eigenvalue weighted by Crippen LogP contribution is -2.37. The third-order valence-electron chi connectivity index (χ3n) is 4.55. The third-order valence-corrected chi connectivity index (χ3v) is 4.55. The van der Waals surface area contributed by atoms with Gasteiger partial charge in [-0.15, -0.1) is 0 Å². The molecule has 3 N–H and O–H groups in total. The lowest BCUT2D eigenvalue weighted by atomic mass is 9.65. The van der Waals surface area contributed by atoms with Crippen LogP contribution in [0.4, 0.5) is 0 Å². The lowest BCUT2D eigenvalue weighted by molar-refractivity contribution is 0.0493. The lowest BCUT2D eigenvalue weighted by Gasteiger charge is -2.41. The van der Waals surface area contributed by atoms with Gasteiger partial charge in [-0.2, -0.15) is 0 Å². The Hall–Kier alpha value is -0.0800. The summed E-state index contributed by atoms with van der Waals surface area (Å²) in [6.45, 7) is 1.25. The first-order valence-electron chi connectivity index (χ1n) is 5.55. The molecule has 2 bridgehead atoms. The van der Waals surface area contributed by atoms with Crippen LogP contribution in [0.25, 0.3) is 0 Å². The van der Waals surface area contributed by atoms with E-state index in [2.05, 4.69) is 0 Å². The monoisotopic (exact) mass is 183 g/mol. The minimum Gasteiger partial charge on any atom is -0.396 e. The summed E-state index contributed by atoms with van der Waals surface area (Å²) in [4.78, 5) is 0. The van der Waals surface area contributed by atoms with E-state index in [0.29, 0.717) is 12.0 Å². The average molecular weight is 183 g/mol. The van der Waals surface area contributed by atoms with Crippen LogP contribution in [0.2, 0.25) is 0 Å². The van der Waals surface area contributed by atoms with Crippen LogP contribution in [0.3, 0.4) is 0 Å². The van der Waals surface area contributed by atoms with E-state index in [-0.39, 0.29) is 5.41 Å². The molecule has 76 valence electrons. The molecule has 0 aromatic rings. The molecule has 3 aliphatic rings. The van der Waals surface area contributed by atoms with E-state index in [1.807, 2.05) is 0 Å². The van der Waals surface area contributed by atoms with Crippen LogP contribution in [0.15, 0.2) is 0 Å². The van der Waals surface area contributed by atoms with Gasteiger partial charge in [0.05, 0.1) is 0 Å². The zero-order chi connectivity index (χ0) is 9.36. The average Bonchev–Trinajstić information content (AvgIpc) is 2.49. The fraction of sp³-hybridized carbons (Fsp3) is 1.00. The van der Waals surface area contributed by atoms with Gasteiger partial charge in [0.2, 0.25) is 0 Å². The van der Waals surface area contributed by atoms with E-state index >= 15 is 0 Å². The first-order chi connectivity index (χ1) is 6.24. The van der Waals surface area contributed by atoms with E-state index < -0.39 is 0 Å². The number of fused-ring (bicyclic) bond motifs is 4. The van der Waals surface area contributed by atoms with Crippen molar-refractivity contribution in [1.82, 2.24) is 0 Å². The van der Waals surface area contributed by atoms with Crippen molar-refractivity contribution in [2.75, 3.05) is 13.2 Å². The summed E-state index contributed by atoms with van der Waals surface area (Å²) in [7, 11) is 0. The van der Waals surface area contributed by atoms with E-state index in [4.69, 9.17) is 5.73 Å². The van der Waals surface area contributed by atoms with E-state index in [9.17, 15) is 5.11 Å². The summed E-state index contributed by atoms with van der Waals surface area (Å²) in [5, 5.41) is 9.42. The Balaban J connectivity index is 2.13. The van der Waals surface area contributed by atoms with Gasteiger partial charge in [-0.3, -0.25) is 0 Å². The molecule has 3 aliphatic carbocycles. The predicted octanol–water partition coefficient (Wildman–Crippen LogP) is 1.67. The highest BCUT2D eigenvalue weighted by Gasteiger charge is 2.44. The number of hydrogen-bond donors (Lipinski definition) is 2. The molecule has 0 saturated heterocycles. The number of nitrogens with two attached hydrogens (primary N) is 1. The summed E-state index contributed by atoms with van der Waals surface area (Å²) in [6, 6.07) is 0. The molecule has 0 unspecified atom stereocenters. The Bertz CT molecular complexity index is 163. The summed E-state index contributed by atoms with van der Waals surface area (Å²) < 4.78 is 0. The number of rotatable bonds is 2. The second-order valence-corrected chi connectivity index (χ2v) is 5.22. The van der Waals surface area contributed by atoms with Gasteiger partial charge >= 0.3 is 0 Å². The zero-order valence-corrected chi connectivity index (χ0v) is 8.39. The van der Waals surface area contributed by atoms with Crippen molar-refractivity contribution >= 4 is 0 Å². The van der Waals surface area contributed by atoms with Gasteiger partial charge in [0.25, 0.3) is 0 Å². The highest BCUT2D eigenvalue weighted by atomic mass is 16.3. The molecule has 3 rings (SSSR count). The standard InChI is InChI=1S/C11H21NO/c12-8-10-2-1-3-11(9-13,6-4-10)7-5-10/h13H,1-9,12H2. The smallest absolute Gasteiger partial charge is 0.0487 e. The van der Waals surface area contributed by atoms with Gasteiger partial charge in [-0.25, -0.2) is 0 Å². The molecule has 3 saturated carbocycles. The molecular formula is C11H21NO. The number of hydrogen-bond acceptors (Lipinski definition) is 2. The van der Waals surface area contributed by atoms with Crippen molar-refractivity contribution in [2.45, 2.75) is 44.9 Å². The van der Waals surface area contributed by atoms with Crippen molar-refractivity contribution in [3.63, 3.8) is 0 Å². The fourth-order valence-corrected chi connectivity index (χ4v) is 3.19. The fourth-order valence-electron chi connectivity index (χ4n) is 3.19. The maximum Gasteiger partial charge on any atom is 0.0487 e. The minimum atomic E-state index is 0.287. The van der Waals surface area contributed by atoms with Gasteiger partial charge in [-0.05, 0) is 55.9 Å². The Morgan fingerprint density at radius 2 is 1.46 bits per heavy atom. The number of aliphatic hydroxyl groups is 1. The molecule has 0 aromatic carbocycles. The topological polar surface area (TPSA) is 46.2 Å². The van der Waals surface area contributed by atoms with Crippen LogP contribution in [0.5, 0.6) is 0 Å². The van der Waals surface area contributed by atoms with Gasteiger partial charge in [0, 0.05) is 6.61 Å². The van der Waals surface area contributed by atoms with Gasteiger partial charge < -0.3 is 10.8 Å². The molecule has 0 amide bonds. The maximum absolute atomic E-state index is 9.42. The van der Waals surface area contributed by atoms with Crippen molar-refractivity contribution in [2.24, 2.45) is 16.6 Å². The van der Waals surface area contributed by atoms with Crippen molar-refractivity contribution < 1.29 is 5.11 Å². The SMILES string of the molecule is NCC12CCCC(CO)(CC1)CC2. The minimum absolute atomic E-state index is 0.287. The maximum atomic E-state index is 9.42. The third kappa shape index (κ3) is 1.50. The van der Waals surface area contributed by atoms with Crippen LogP contribution in [0.1, 0.15) is 44.9 Å². The van der Waals surface area contributed by atoms with Crippen molar-refractivity contribution in [1.29, 1.82) is 0 Å². The van der Waals surface area contributed by atoms with Gasteiger partial charge in [0.1, 0.15) is 0 Å². The Kier molecular flexibility index (Phi) is 2.37. The van der Waals surface area contributed by atoms with Crippen LogP contribution in [0, 0.1) is 10.8 Å². The van der Waals surface area contributed by atoms with Crippen LogP contribution >= 0.6 is 0 Å². The van der Waals surface area contributed by atoms with E-state index in [1.54, 1.807) is 0 Å². The van der Waals surface area contributed by atoms with Crippen LogP contribution in [-0.4, -0.2) is 18.3 Å². The first kappa shape index (κ1) is 9.47. The Morgan fingerprint density at radius 1 is 0.923 bits per heavy atom. The van der Waals surface area contributed by atoms with Crippen LogP contribution < -0.4 is 5.73 Å². The molecule has 0 atom stereocenters. The first-order valence-corrected chi connectivity index (χ1v) is 5.55. The molecule has 0 heterocycles. The second kappa shape index (κ2) is 3.25. The summed E-state index contributed by atoms with van der Waals surface area (Å²) in [5.41, 5.74) is 6.61. The van der Waals surface area contributed by atoms with Gasteiger partial charge in [-0.1, -0.05) is 6.42 Å². The molecule has 3 fully saturated rings. The normalized spacial score (nSPS) is 44.8. The summed E-state index contributed by atoms with van der Waals surface area (Å²) >= 11 is 0. The molecule has 2 nitrogen and oxygen atoms in total. The van der Waals surface area contributed by atoms with Crippen molar-refractivity contribution in [3.05, 3.63) is 0 Å². The Labute approximate surface area is 80.5 Å². The zero-order valence-electron chi connectivity index (χ0n) is 8.39. The van der Waals surface area contributed by atoms with Crippen molar-refractivity contribution in [3.8, 4) is 0 Å².